The topological polar surface area (TPSA) is 28.7 Å². The molecule has 0 saturated heterocycles. The second kappa shape index (κ2) is 3.56. The first kappa shape index (κ1) is 10.1. The van der Waals surface area contributed by atoms with Gasteiger partial charge in [-0.2, -0.15) is 0 Å². The number of aromatic amines is 1. The van der Waals surface area contributed by atoms with Gasteiger partial charge in [0.05, 0.1) is 11.0 Å². The van der Waals surface area contributed by atoms with Gasteiger partial charge < -0.3 is 4.98 Å². The molecule has 2 nitrogen and oxygen atoms in total. The Balaban J connectivity index is 2.30. The molecule has 2 aromatic carbocycles. The van der Waals surface area contributed by atoms with Gasteiger partial charge in [0, 0.05) is 32.3 Å². The maximum absolute atomic E-state index is 4.53. The number of nitrogens with zero attached hydrogens (tertiary/aromatic N) is 1. The van der Waals surface area contributed by atoms with E-state index in [1.165, 1.54) is 16.2 Å². The molecule has 0 aliphatic carbocycles. The SMILES string of the molecule is Brc1ccc2[nH]c3c4ccccc4ncc3c2c1. The van der Waals surface area contributed by atoms with Crippen molar-refractivity contribution in [2.24, 2.45) is 0 Å². The summed E-state index contributed by atoms with van der Waals surface area (Å²) in [5.41, 5.74) is 3.33. The maximum Gasteiger partial charge on any atom is 0.0723 e. The molecule has 0 saturated carbocycles. The molecule has 2 heterocycles. The summed E-state index contributed by atoms with van der Waals surface area (Å²) in [7, 11) is 0. The molecule has 86 valence electrons. The van der Waals surface area contributed by atoms with E-state index in [-0.39, 0.29) is 0 Å². The van der Waals surface area contributed by atoms with Crippen molar-refractivity contribution in [1.29, 1.82) is 0 Å². The molecule has 0 atom stereocenters. The van der Waals surface area contributed by atoms with Crippen molar-refractivity contribution in [1.82, 2.24) is 9.97 Å². The lowest BCUT2D eigenvalue weighted by Crippen LogP contribution is -1.79. The second-order valence-corrected chi connectivity index (χ2v) is 5.29. The third-order valence-corrected chi connectivity index (χ3v) is 3.80. The molecule has 0 unspecified atom stereocenters. The van der Waals surface area contributed by atoms with Crippen LogP contribution in [0.3, 0.4) is 0 Å². The van der Waals surface area contributed by atoms with Crippen LogP contribution in [0.15, 0.2) is 53.1 Å². The van der Waals surface area contributed by atoms with E-state index in [4.69, 9.17) is 0 Å². The van der Waals surface area contributed by atoms with Crippen molar-refractivity contribution in [3.8, 4) is 0 Å². The summed E-state index contributed by atoms with van der Waals surface area (Å²) in [5.74, 6) is 0. The van der Waals surface area contributed by atoms with Crippen molar-refractivity contribution in [3.05, 3.63) is 53.1 Å². The molecule has 4 aromatic rings. The Morgan fingerprint density at radius 3 is 2.78 bits per heavy atom. The van der Waals surface area contributed by atoms with E-state index in [1.54, 1.807) is 0 Å². The highest BCUT2D eigenvalue weighted by atomic mass is 79.9. The van der Waals surface area contributed by atoms with Crippen molar-refractivity contribution in [2.45, 2.75) is 0 Å². The number of rotatable bonds is 0. The zero-order valence-corrected chi connectivity index (χ0v) is 11.0. The minimum atomic E-state index is 1.02. The Bertz CT molecular complexity index is 893. The third-order valence-electron chi connectivity index (χ3n) is 3.31. The molecule has 0 spiro atoms. The van der Waals surface area contributed by atoms with Crippen LogP contribution in [0.4, 0.5) is 0 Å². The van der Waals surface area contributed by atoms with Gasteiger partial charge in [-0.3, -0.25) is 4.98 Å². The molecule has 0 amide bonds. The van der Waals surface area contributed by atoms with E-state index in [0.717, 1.165) is 21.0 Å². The number of para-hydroxylation sites is 1. The Kier molecular flexibility index (Phi) is 2.00. The van der Waals surface area contributed by atoms with Crippen molar-refractivity contribution >= 4 is 48.6 Å². The molecule has 0 bridgehead atoms. The van der Waals surface area contributed by atoms with Gasteiger partial charge in [-0.1, -0.05) is 34.1 Å². The predicted octanol–water partition coefficient (Wildman–Crippen LogP) is 4.63. The Morgan fingerprint density at radius 1 is 0.944 bits per heavy atom. The van der Waals surface area contributed by atoms with Gasteiger partial charge in [0.25, 0.3) is 0 Å². The monoisotopic (exact) mass is 296 g/mol. The number of nitrogens with one attached hydrogen (secondary N) is 1. The molecule has 2 aromatic heterocycles. The first-order chi connectivity index (χ1) is 8.83. The number of H-pyrrole nitrogens is 1. The number of aromatic nitrogens is 2. The second-order valence-electron chi connectivity index (χ2n) is 4.38. The molecule has 0 radical (unpaired) electrons. The van der Waals surface area contributed by atoms with Crippen LogP contribution >= 0.6 is 15.9 Å². The highest BCUT2D eigenvalue weighted by Gasteiger charge is 2.08. The fraction of sp³-hybridized carbons (Fsp3) is 0. The third kappa shape index (κ3) is 1.31. The zero-order valence-electron chi connectivity index (χ0n) is 9.44. The van der Waals surface area contributed by atoms with Gasteiger partial charge in [0.2, 0.25) is 0 Å². The summed E-state index contributed by atoms with van der Waals surface area (Å²) in [6, 6.07) is 14.5. The predicted molar refractivity (Wildman–Crippen MR) is 78.8 cm³/mol. The minimum absolute atomic E-state index is 1.02. The van der Waals surface area contributed by atoms with E-state index < -0.39 is 0 Å². The lowest BCUT2D eigenvalue weighted by Gasteiger charge is -1.97. The fourth-order valence-corrected chi connectivity index (χ4v) is 2.82. The van der Waals surface area contributed by atoms with Crippen LogP contribution in [-0.2, 0) is 0 Å². The van der Waals surface area contributed by atoms with Crippen LogP contribution < -0.4 is 0 Å². The van der Waals surface area contributed by atoms with Crippen molar-refractivity contribution in [2.75, 3.05) is 0 Å². The van der Waals surface area contributed by atoms with Gasteiger partial charge in [0.15, 0.2) is 0 Å². The molecule has 18 heavy (non-hydrogen) atoms. The Hall–Kier alpha value is -1.87. The minimum Gasteiger partial charge on any atom is -0.354 e. The van der Waals surface area contributed by atoms with Crippen LogP contribution in [0.2, 0.25) is 0 Å². The number of hydrogen-bond acceptors (Lipinski definition) is 1. The molecular weight excluding hydrogens is 288 g/mol. The average Bonchev–Trinajstić information content (AvgIpc) is 2.77. The first-order valence-electron chi connectivity index (χ1n) is 5.77. The maximum atomic E-state index is 4.53. The number of halogens is 1. The van der Waals surface area contributed by atoms with Crippen LogP contribution in [0.1, 0.15) is 0 Å². The highest BCUT2D eigenvalue weighted by molar-refractivity contribution is 9.10. The Morgan fingerprint density at radius 2 is 1.83 bits per heavy atom. The number of pyridine rings is 1. The summed E-state index contributed by atoms with van der Waals surface area (Å²) < 4.78 is 1.09. The van der Waals surface area contributed by atoms with E-state index in [2.05, 4.69) is 44.1 Å². The smallest absolute Gasteiger partial charge is 0.0723 e. The normalized spacial score (nSPS) is 11.6. The van der Waals surface area contributed by atoms with Crippen molar-refractivity contribution in [3.63, 3.8) is 0 Å². The fourth-order valence-electron chi connectivity index (χ4n) is 2.46. The van der Waals surface area contributed by atoms with Crippen LogP contribution in [-0.4, -0.2) is 9.97 Å². The lowest BCUT2D eigenvalue weighted by atomic mass is 10.1. The van der Waals surface area contributed by atoms with E-state index in [1.807, 2.05) is 30.5 Å². The standard InChI is InChI=1S/C15H9BrN2/c16-9-5-6-14-11(7-9)12-8-17-13-4-2-1-3-10(13)15(12)18-14/h1-8,18H. The van der Waals surface area contributed by atoms with Crippen LogP contribution in [0.25, 0.3) is 32.7 Å². The van der Waals surface area contributed by atoms with E-state index in [9.17, 15) is 0 Å². The summed E-state index contributed by atoms with van der Waals surface area (Å²) in [6.45, 7) is 0. The first-order valence-corrected chi connectivity index (χ1v) is 6.57. The average molecular weight is 297 g/mol. The molecular formula is C15H9BrN2. The molecule has 4 rings (SSSR count). The van der Waals surface area contributed by atoms with Gasteiger partial charge in [0.1, 0.15) is 0 Å². The molecule has 3 heteroatoms. The molecule has 1 N–H and O–H groups in total. The number of fused-ring (bicyclic) bond motifs is 5. The van der Waals surface area contributed by atoms with Gasteiger partial charge in [-0.05, 0) is 24.3 Å². The van der Waals surface area contributed by atoms with Crippen molar-refractivity contribution < 1.29 is 0 Å². The molecule has 0 fully saturated rings. The lowest BCUT2D eigenvalue weighted by molar-refractivity contribution is 1.44. The highest BCUT2D eigenvalue weighted by Crippen LogP contribution is 2.31. The van der Waals surface area contributed by atoms with Gasteiger partial charge in [-0.25, -0.2) is 0 Å². The number of benzene rings is 2. The van der Waals surface area contributed by atoms with Crippen LogP contribution in [0, 0.1) is 0 Å². The van der Waals surface area contributed by atoms with E-state index >= 15 is 0 Å². The summed E-state index contributed by atoms with van der Waals surface area (Å²) >= 11 is 3.52. The van der Waals surface area contributed by atoms with Crippen LogP contribution in [0.5, 0.6) is 0 Å². The molecule has 0 aliphatic heterocycles. The van der Waals surface area contributed by atoms with E-state index in [0.29, 0.717) is 0 Å². The largest absolute Gasteiger partial charge is 0.354 e. The number of hydrogen-bond donors (Lipinski definition) is 1. The quantitative estimate of drug-likeness (QED) is 0.503. The van der Waals surface area contributed by atoms with Gasteiger partial charge in [-0.15, -0.1) is 0 Å². The summed E-state index contributed by atoms with van der Waals surface area (Å²) in [6.07, 6.45) is 1.95. The molecule has 0 aliphatic rings. The zero-order chi connectivity index (χ0) is 12.1. The Labute approximate surface area is 112 Å². The summed E-state index contributed by atoms with van der Waals surface area (Å²) in [4.78, 5) is 8.01. The van der Waals surface area contributed by atoms with Gasteiger partial charge >= 0.3 is 0 Å². The summed E-state index contributed by atoms with van der Waals surface area (Å²) in [5, 5.41) is 3.55.